The van der Waals surface area contributed by atoms with Crippen LogP contribution in [-0.2, 0) is 0 Å². The topological polar surface area (TPSA) is 46.2 Å². The van der Waals surface area contributed by atoms with Crippen molar-refractivity contribution >= 4 is 34.8 Å². The van der Waals surface area contributed by atoms with Crippen LogP contribution in [0.15, 0.2) is 24.3 Å². The van der Waals surface area contributed by atoms with Gasteiger partial charge in [0.2, 0.25) is 0 Å². The highest BCUT2D eigenvalue weighted by Gasteiger charge is 2.08. The van der Waals surface area contributed by atoms with Gasteiger partial charge in [-0.1, -0.05) is 40.8 Å². The first-order chi connectivity index (χ1) is 7.29. The molecule has 80 valence electrons. The number of hydrogen-bond donors (Lipinski definition) is 1. The summed E-state index contributed by atoms with van der Waals surface area (Å²) in [7, 11) is 0. The zero-order valence-corrected chi connectivity index (χ0v) is 10.4. The number of rotatable bonds is 5. The molecule has 0 saturated carbocycles. The van der Waals surface area contributed by atoms with E-state index in [1.165, 1.54) is 0 Å². The molecule has 0 unspecified atom stereocenters. The maximum atomic E-state index is 11.6. The summed E-state index contributed by atoms with van der Waals surface area (Å²) in [5, 5.41) is 2.77. The molecule has 0 saturated heterocycles. The first-order valence-corrected chi connectivity index (χ1v) is 6.20. The van der Waals surface area contributed by atoms with E-state index in [0.717, 1.165) is 10.8 Å². The van der Waals surface area contributed by atoms with Crippen LogP contribution in [-0.4, -0.2) is 23.2 Å². The van der Waals surface area contributed by atoms with Gasteiger partial charge in [-0.25, -0.2) is 0 Å². The zero-order valence-electron chi connectivity index (χ0n) is 8.20. The van der Waals surface area contributed by atoms with Crippen molar-refractivity contribution in [2.45, 2.75) is 6.42 Å². The van der Waals surface area contributed by atoms with E-state index in [4.69, 9.17) is 0 Å². The summed E-state index contributed by atoms with van der Waals surface area (Å²) in [5.41, 5.74) is 0.880. The van der Waals surface area contributed by atoms with Gasteiger partial charge < -0.3 is 5.32 Å². The molecular weight excluding hydrogens is 305 g/mol. The lowest BCUT2D eigenvalue weighted by Gasteiger charge is -2.05. The Bertz CT molecular complexity index is 352. The van der Waals surface area contributed by atoms with Crippen molar-refractivity contribution in [2.75, 3.05) is 11.0 Å². The smallest absolute Gasteiger partial charge is 0.252 e. The maximum absolute atomic E-state index is 11.6. The lowest BCUT2D eigenvalue weighted by atomic mass is 10.1. The van der Waals surface area contributed by atoms with Gasteiger partial charge in [0.15, 0.2) is 6.29 Å². The van der Waals surface area contributed by atoms with Crippen LogP contribution >= 0.6 is 22.6 Å². The highest BCUT2D eigenvalue weighted by molar-refractivity contribution is 14.1. The molecule has 0 aliphatic carbocycles. The Kier molecular flexibility index (Phi) is 5.31. The van der Waals surface area contributed by atoms with Crippen LogP contribution in [0.25, 0.3) is 0 Å². The Morgan fingerprint density at radius 3 is 2.80 bits per heavy atom. The van der Waals surface area contributed by atoms with Gasteiger partial charge in [0.1, 0.15) is 0 Å². The third kappa shape index (κ3) is 3.62. The first kappa shape index (κ1) is 12.2. The standard InChI is InChI=1S/C11H12INO2/c12-6-3-7-13-11(15)10-5-2-1-4-9(10)8-14/h1-2,4-5,8H,3,6-7H2,(H,13,15). The second kappa shape index (κ2) is 6.55. The molecule has 3 nitrogen and oxygen atoms in total. The Labute approximate surface area is 102 Å². The molecule has 1 amide bonds. The van der Waals surface area contributed by atoms with Crippen LogP contribution < -0.4 is 5.32 Å². The molecule has 0 heterocycles. The summed E-state index contributed by atoms with van der Waals surface area (Å²) < 4.78 is 1.01. The van der Waals surface area contributed by atoms with Crippen LogP contribution in [0.1, 0.15) is 27.1 Å². The van der Waals surface area contributed by atoms with Gasteiger partial charge in [-0.15, -0.1) is 0 Å². The van der Waals surface area contributed by atoms with Crippen molar-refractivity contribution in [3.05, 3.63) is 35.4 Å². The third-order valence-corrected chi connectivity index (χ3v) is 2.69. The molecule has 0 aliphatic heterocycles. The van der Waals surface area contributed by atoms with Crippen LogP contribution in [0.2, 0.25) is 0 Å². The zero-order chi connectivity index (χ0) is 11.1. The molecule has 15 heavy (non-hydrogen) atoms. The molecule has 0 radical (unpaired) electrons. The number of aldehydes is 1. The number of halogens is 1. The predicted octanol–water partition coefficient (Wildman–Crippen LogP) is 2.05. The van der Waals surface area contributed by atoms with Crippen molar-refractivity contribution in [3.63, 3.8) is 0 Å². The van der Waals surface area contributed by atoms with E-state index in [1.54, 1.807) is 24.3 Å². The maximum Gasteiger partial charge on any atom is 0.252 e. The SMILES string of the molecule is O=Cc1ccccc1C(=O)NCCCI. The summed E-state index contributed by atoms with van der Waals surface area (Å²) in [6.07, 6.45) is 1.64. The molecule has 1 aromatic carbocycles. The van der Waals surface area contributed by atoms with Gasteiger partial charge in [-0.2, -0.15) is 0 Å². The molecule has 1 rings (SSSR count). The molecule has 1 aromatic rings. The quantitative estimate of drug-likeness (QED) is 0.391. The Morgan fingerprint density at radius 2 is 2.13 bits per heavy atom. The molecule has 0 aromatic heterocycles. The second-order valence-electron chi connectivity index (χ2n) is 3.00. The molecule has 0 spiro atoms. The minimum absolute atomic E-state index is 0.178. The van der Waals surface area contributed by atoms with Crippen LogP contribution in [0.4, 0.5) is 0 Å². The molecule has 4 heteroatoms. The minimum Gasteiger partial charge on any atom is -0.352 e. The normalized spacial score (nSPS) is 9.67. The Hall–Kier alpha value is -0.910. The van der Waals surface area contributed by atoms with Crippen molar-refractivity contribution in [3.8, 4) is 0 Å². The fraction of sp³-hybridized carbons (Fsp3) is 0.273. The average Bonchev–Trinajstić information content (AvgIpc) is 2.29. The predicted molar refractivity (Wildman–Crippen MR) is 67.7 cm³/mol. The highest BCUT2D eigenvalue weighted by atomic mass is 127. The van der Waals surface area contributed by atoms with Gasteiger partial charge in [-0.3, -0.25) is 9.59 Å². The summed E-state index contributed by atoms with van der Waals surface area (Å²) in [5.74, 6) is -0.178. The third-order valence-electron chi connectivity index (χ3n) is 1.93. The van der Waals surface area contributed by atoms with E-state index in [1.807, 2.05) is 0 Å². The van der Waals surface area contributed by atoms with Crippen LogP contribution in [0.5, 0.6) is 0 Å². The van der Waals surface area contributed by atoms with E-state index in [0.29, 0.717) is 24.0 Å². The molecule has 0 bridgehead atoms. The van der Waals surface area contributed by atoms with Crippen molar-refractivity contribution in [1.82, 2.24) is 5.32 Å². The molecule has 0 atom stereocenters. The number of carbonyl (C=O) groups is 2. The molecule has 0 fully saturated rings. The Balaban J connectivity index is 2.68. The molecular formula is C11H12INO2. The molecule has 0 aliphatic rings. The van der Waals surface area contributed by atoms with Crippen LogP contribution in [0.3, 0.4) is 0 Å². The lowest BCUT2D eigenvalue weighted by Crippen LogP contribution is -2.25. The van der Waals surface area contributed by atoms with E-state index >= 15 is 0 Å². The van der Waals surface area contributed by atoms with E-state index in [-0.39, 0.29) is 5.91 Å². The molecule has 1 N–H and O–H groups in total. The lowest BCUT2D eigenvalue weighted by molar-refractivity contribution is 0.0948. The van der Waals surface area contributed by atoms with Gasteiger partial charge in [0.25, 0.3) is 5.91 Å². The van der Waals surface area contributed by atoms with E-state index in [2.05, 4.69) is 27.9 Å². The first-order valence-electron chi connectivity index (χ1n) is 4.68. The average molecular weight is 317 g/mol. The van der Waals surface area contributed by atoms with Gasteiger partial charge in [0, 0.05) is 22.1 Å². The summed E-state index contributed by atoms with van der Waals surface area (Å²) >= 11 is 2.26. The summed E-state index contributed by atoms with van der Waals surface area (Å²) in [6.45, 7) is 0.648. The van der Waals surface area contributed by atoms with Gasteiger partial charge in [0.05, 0.1) is 0 Å². The number of alkyl halides is 1. The number of carbonyl (C=O) groups excluding carboxylic acids is 2. The van der Waals surface area contributed by atoms with E-state index in [9.17, 15) is 9.59 Å². The van der Waals surface area contributed by atoms with Crippen molar-refractivity contribution < 1.29 is 9.59 Å². The number of benzene rings is 1. The number of nitrogens with one attached hydrogen (secondary N) is 1. The minimum atomic E-state index is -0.178. The summed E-state index contributed by atoms with van der Waals surface area (Å²) in [4.78, 5) is 22.3. The number of amides is 1. The highest BCUT2D eigenvalue weighted by Crippen LogP contribution is 2.05. The van der Waals surface area contributed by atoms with Gasteiger partial charge in [-0.05, 0) is 12.5 Å². The van der Waals surface area contributed by atoms with Crippen molar-refractivity contribution in [2.24, 2.45) is 0 Å². The van der Waals surface area contributed by atoms with E-state index < -0.39 is 0 Å². The monoisotopic (exact) mass is 317 g/mol. The summed E-state index contributed by atoms with van der Waals surface area (Å²) in [6, 6.07) is 6.79. The van der Waals surface area contributed by atoms with Gasteiger partial charge >= 0.3 is 0 Å². The Morgan fingerprint density at radius 1 is 1.40 bits per heavy atom. The van der Waals surface area contributed by atoms with Crippen LogP contribution in [0, 0.1) is 0 Å². The fourth-order valence-electron chi connectivity index (χ4n) is 1.17. The van der Waals surface area contributed by atoms with Crippen molar-refractivity contribution in [1.29, 1.82) is 0 Å². The fourth-order valence-corrected chi connectivity index (χ4v) is 1.55. The largest absolute Gasteiger partial charge is 0.352 e. The second-order valence-corrected chi connectivity index (χ2v) is 4.08. The number of hydrogen-bond acceptors (Lipinski definition) is 2.